The summed E-state index contributed by atoms with van der Waals surface area (Å²) in [7, 11) is 0. The molecular weight excluding hydrogens is 399 g/mol. The summed E-state index contributed by atoms with van der Waals surface area (Å²) in [6.07, 6.45) is 0. The first-order valence-electron chi connectivity index (χ1n) is 4.68. The predicted octanol–water partition coefficient (Wildman–Crippen LogP) is 5.31. The van der Waals surface area contributed by atoms with Crippen LogP contribution in [0.3, 0.4) is 0 Å². The highest BCUT2D eigenvalue weighted by atomic mass is 127. The zero-order chi connectivity index (χ0) is 11.1. The van der Waals surface area contributed by atoms with Crippen LogP contribution in [0.25, 0.3) is 0 Å². The molecule has 1 heterocycles. The maximum absolute atomic E-state index is 5.89. The lowest BCUT2D eigenvalue weighted by Gasteiger charge is -2.20. The Morgan fingerprint density at radius 3 is 2.88 bits per heavy atom. The summed E-state index contributed by atoms with van der Waals surface area (Å²) < 4.78 is 8.12. The fourth-order valence-corrected chi connectivity index (χ4v) is 3.85. The lowest BCUT2D eigenvalue weighted by Crippen LogP contribution is -1.95. The van der Waals surface area contributed by atoms with E-state index in [2.05, 4.69) is 56.7 Å². The van der Waals surface area contributed by atoms with E-state index in [1.807, 2.05) is 18.2 Å². The molecular formula is C12H6BrIOS. The highest BCUT2D eigenvalue weighted by molar-refractivity contribution is 14.1. The van der Waals surface area contributed by atoms with Gasteiger partial charge in [-0.1, -0.05) is 17.8 Å². The minimum atomic E-state index is 0.918. The van der Waals surface area contributed by atoms with Crippen molar-refractivity contribution in [2.75, 3.05) is 0 Å². The summed E-state index contributed by atoms with van der Waals surface area (Å²) in [6.45, 7) is 0. The molecule has 0 saturated carbocycles. The number of benzene rings is 2. The van der Waals surface area contributed by atoms with Gasteiger partial charge in [-0.2, -0.15) is 0 Å². The number of ether oxygens (including phenoxy) is 1. The Morgan fingerprint density at radius 1 is 1.12 bits per heavy atom. The van der Waals surface area contributed by atoms with Gasteiger partial charge in [0.15, 0.2) is 5.75 Å². The normalized spacial score (nSPS) is 12.6. The number of hydrogen-bond acceptors (Lipinski definition) is 2. The Kier molecular flexibility index (Phi) is 2.89. The van der Waals surface area contributed by atoms with E-state index >= 15 is 0 Å². The first kappa shape index (κ1) is 10.9. The Balaban J connectivity index is 2.13. The number of rotatable bonds is 0. The Hall–Kier alpha value is -0.200. The average Bonchev–Trinajstić information content (AvgIpc) is 2.27. The van der Waals surface area contributed by atoms with Crippen LogP contribution >= 0.6 is 50.3 Å². The molecule has 0 unspecified atom stereocenters. The summed E-state index contributed by atoms with van der Waals surface area (Å²) in [4.78, 5) is 2.33. The van der Waals surface area contributed by atoms with E-state index < -0.39 is 0 Å². The lowest BCUT2D eigenvalue weighted by molar-refractivity contribution is 0.451. The quantitative estimate of drug-likeness (QED) is 0.469. The van der Waals surface area contributed by atoms with E-state index in [1.54, 1.807) is 11.8 Å². The summed E-state index contributed by atoms with van der Waals surface area (Å²) >= 11 is 7.57. The lowest BCUT2D eigenvalue weighted by atomic mass is 10.3. The molecule has 0 spiro atoms. The third-order valence-electron chi connectivity index (χ3n) is 2.27. The van der Waals surface area contributed by atoms with Crippen molar-refractivity contribution in [2.24, 2.45) is 0 Å². The molecule has 2 aromatic carbocycles. The standard InChI is InChI=1S/C12H6BrIOS/c13-8-2-1-3-10-12(8)15-9-5-4-7(14)6-11(9)16-10/h1-6H. The maximum Gasteiger partial charge on any atom is 0.155 e. The average molecular weight is 405 g/mol. The molecule has 80 valence electrons. The second kappa shape index (κ2) is 4.23. The van der Waals surface area contributed by atoms with Gasteiger partial charge >= 0.3 is 0 Å². The molecule has 0 atom stereocenters. The fourth-order valence-electron chi connectivity index (χ4n) is 1.54. The van der Waals surface area contributed by atoms with Crippen LogP contribution in [0, 0.1) is 3.57 Å². The molecule has 0 fully saturated rings. The van der Waals surface area contributed by atoms with Crippen molar-refractivity contribution in [1.29, 1.82) is 0 Å². The molecule has 2 aromatic rings. The van der Waals surface area contributed by atoms with Crippen molar-refractivity contribution in [3.05, 3.63) is 44.4 Å². The van der Waals surface area contributed by atoms with Crippen molar-refractivity contribution in [3.63, 3.8) is 0 Å². The van der Waals surface area contributed by atoms with E-state index in [1.165, 1.54) is 8.47 Å². The first-order chi connectivity index (χ1) is 7.74. The van der Waals surface area contributed by atoms with Gasteiger partial charge in [-0.25, -0.2) is 0 Å². The van der Waals surface area contributed by atoms with Crippen LogP contribution in [0.1, 0.15) is 0 Å². The van der Waals surface area contributed by atoms with Crippen molar-refractivity contribution < 1.29 is 4.74 Å². The van der Waals surface area contributed by atoms with Gasteiger partial charge in [0, 0.05) is 3.57 Å². The van der Waals surface area contributed by atoms with Crippen LogP contribution in [0.5, 0.6) is 11.5 Å². The number of para-hydroxylation sites is 1. The molecule has 0 radical (unpaired) electrons. The van der Waals surface area contributed by atoms with Crippen LogP contribution in [0.2, 0.25) is 0 Å². The van der Waals surface area contributed by atoms with E-state index in [4.69, 9.17) is 4.74 Å². The molecule has 1 aliphatic heterocycles. The van der Waals surface area contributed by atoms with E-state index in [-0.39, 0.29) is 0 Å². The molecule has 0 saturated heterocycles. The van der Waals surface area contributed by atoms with Gasteiger partial charge < -0.3 is 4.74 Å². The monoisotopic (exact) mass is 404 g/mol. The van der Waals surface area contributed by atoms with Gasteiger partial charge in [0.2, 0.25) is 0 Å². The van der Waals surface area contributed by atoms with Crippen molar-refractivity contribution in [2.45, 2.75) is 9.79 Å². The second-order valence-corrected chi connectivity index (χ2v) is 6.55. The smallest absolute Gasteiger partial charge is 0.155 e. The fraction of sp³-hybridized carbons (Fsp3) is 0. The van der Waals surface area contributed by atoms with Crippen molar-refractivity contribution >= 4 is 50.3 Å². The van der Waals surface area contributed by atoms with Crippen LogP contribution in [0.15, 0.2) is 50.7 Å². The number of fused-ring (bicyclic) bond motifs is 2. The minimum Gasteiger partial charge on any atom is -0.454 e. The first-order valence-corrected chi connectivity index (χ1v) is 7.36. The predicted molar refractivity (Wildman–Crippen MR) is 77.5 cm³/mol. The van der Waals surface area contributed by atoms with Crippen molar-refractivity contribution in [3.8, 4) is 11.5 Å². The molecule has 0 aliphatic carbocycles. The molecule has 16 heavy (non-hydrogen) atoms. The van der Waals surface area contributed by atoms with Crippen LogP contribution in [-0.4, -0.2) is 0 Å². The van der Waals surface area contributed by atoms with Gasteiger partial charge in [0.25, 0.3) is 0 Å². The molecule has 0 N–H and O–H groups in total. The Morgan fingerprint density at radius 2 is 2.00 bits per heavy atom. The van der Waals surface area contributed by atoms with Crippen LogP contribution in [-0.2, 0) is 0 Å². The van der Waals surface area contributed by atoms with E-state index in [0.717, 1.165) is 20.9 Å². The van der Waals surface area contributed by atoms with Gasteiger partial charge in [-0.05, 0) is 68.9 Å². The van der Waals surface area contributed by atoms with Crippen LogP contribution in [0.4, 0.5) is 0 Å². The molecule has 0 aromatic heterocycles. The molecule has 0 amide bonds. The van der Waals surface area contributed by atoms with E-state index in [9.17, 15) is 0 Å². The van der Waals surface area contributed by atoms with Gasteiger partial charge in [0.1, 0.15) is 5.75 Å². The van der Waals surface area contributed by atoms with E-state index in [0.29, 0.717) is 0 Å². The highest BCUT2D eigenvalue weighted by Crippen LogP contribution is 2.49. The molecule has 1 aliphatic rings. The maximum atomic E-state index is 5.89. The second-order valence-electron chi connectivity index (χ2n) is 3.36. The highest BCUT2D eigenvalue weighted by Gasteiger charge is 2.19. The molecule has 3 rings (SSSR count). The summed E-state index contributed by atoms with van der Waals surface area (Å²) in [6, 6.07) is 12.3. The van der Waals surface area contributed by atoms with Gasteiger partial charge in [-0.3, -0.25) is 0 Å². The largest absolute Gasteiger partial charge is 0.454 e. The van der Waals surface area contributed by atoms with Crippen molar-refractivity contribution in [1.82, 2.24) is 0 Å². The van der Waals surface area contributed by atoms with Gasteiger partial charge in [-0.15, -0.1) is 0 Å². The Labute approximate surface area is 120 Å². The molecule has 0 bridgehead atoms. The summed E-state index contributed by atoms with van der Waals surface area (Å²) in [5.41, 5.74) is 0. The minimum absolute atomic E-state index is 0.918. The summed E-state index contributed by atoms with van der Waals surface area (Å²) in [5.74, 6) is 1.85. The third-order valence-corrected chi connectivity index (χ3v) is 4.64. The topological polar surface area (TPSA) is 9.23 Å². The zero-order valence-corrected chi connectivity index (χ0v) is 12.6. The SMILES string of the molecule is Brc1cccc2c1Oc1ccc(I)cc1S2. The molecule has 1 nitrogen and oxygen atoms in total. The molecule has 4 heteroatoms. The summed E-state index contributed by atoms with van der Waals surface area (Å²) in [5, 5.41) is 0. The van der Waals surface area contributed by atoms with Gasteiger partial charge in [0.05, 0.1) is 14.3 Å². The zero-order valence-electron chi connectivity index (χ0n) is 8.04. The Bertz CT molecular complexity index is 571. The van der Waals surface area contributed by atoms with Crippen LogP contribution < -0.4 is 4.74 Å². The number of hydrogen-bond donors (Lipinski definition) is 0. The third kappa shape index (κ3) is 1.87. The number of halogens is 2.